The van der Waals surface area contributed by atoms with Crippen LogP contribution >= 0.6 is 11.6 Å². The van der Waals surface area contributed by atoms with Gasteiger partial charge in [-0.1, -0.05) is 24.9 Å². The number of halogens is 1. The Morgan fingerprint density at radius 2 is 2.10 bits per heavy atom. The molecule has 0 aliphatic carbocycles. The molecule has 2 aromatic heterocycles. The lowest BCUT2D eigenvalue weighted by atomic mass is 10.1. The Morgan fingerprint density at radius 1 is 1.33 bits per heavy atom. The maximum Gasteiger partial charge on any atom is 0.251 e. The fourth-order valence-electron chi connectivity index (χ4n) is 1.94. The molecule has 6 heteroatoms. The molecule has 0 aromatic carbocycles. The van der Waals surface area contributed by atoms with Crippen molar-refractivity contribution in [2.45, 2.75) is 40.2 Å². The second-order valence-electron chi connectivity index (χ2n) is 4.85. The van der Waals surface area contributed by atoms with E-state index < -0.39 is 0 Å². The second kappa shape index (κ2) is 6.72. The number of aryl methyl sites for hydroxylation is 3. The molecule has 5 nitrogen and oxygen atoms in total. The van der Waals surface area contributed by atoms with E-state index in [2.05, 4.69) is 22.2 Å². The van der Waals surface area contributed by atoms with Gasteiger partial charge < -0.3 is 9.73 Å². The van der Waals surface area contributed by atoms with Crippen LogP contribution in [-0.2, 0) is 13.0 Å². The first-order chi connectivity index (χ1) is 9.99. The smallest absolute Gasteiger partial charge is 0.251 e. The van der Waals surface area contributed by atoms with Gasteiger partial charge in [-0.3, -0.25) is 4.79 Å². The molecule has 0 bridgehead atoms. The third kappa shape index (κ3) is 4.04. The summed E-state index contributed by atoms with van der Waals surface area (Å²) in [6.45, 7) is 6.00. The number of carbonyl (C=O) groups excluding carboxylic acids is 1. The quantitative estimate of drug-likeness (QED) is 0.861. The normalized spacial score (nSPS) is 10.7. The zero-order valence-corrected chi connectivity index (χ0v) is 13.1. The largest absolute Gasteiger partial charge is 0.444 e. The maximum atomic E-state index is 12.2. The highest BCUT2D eigenvalue weighted by atomic mass is 35.5. The monoisotopic (exact) mass is 307 g/mol. The summed E-state index contributed by atoms with van der Waals surface area (Å²) in [4.78, 5) is 20.6. The lowest BCUT2D eigenvalue weighted by molar-refractivity contribution is 0.0947. The molecule has 112 valence electrons. The summed E-state index contributed by atoms with van der Waals surface area (Å²) < 4.78 is 5.42. The van der Waals surface area contributed by atoms with Crippen molar-refractivity contribution < 1.29 is 9.21 Å². The van der Waals surface area contributed by atoms with E-state index in [1.54, 1.807) is 12.1 Å². The Hall–Kier alpha value is -1.88. The van der Waals surface area contributed by atoms with Gasteiger partial charge in [0.05, 0.1) is 12.2 Å². The molecule has 0 aliphatic rings. The van der Waals surface area contributed by atoms with E-state index in [4.69, 9.17) is 16.0 Å². The van der Waals surface area contributed by atoms with Gasteiger partial charge in [0, 0.05) is 11.3 Å². The van der Waals surface area contributed by atoms with E-state index in [1.165, 1.54) is 0 Å². The van der Waals surface area contributed by atoms with Crippen LogP contribution < -0.4 is 5.32 Å². The Labute approximate surface area is 128 Å². The Kier molecular flexibility index (Phi) is 4.96. The van der Waals surface area contributed by atoms with Crippen LogP contribution in [0.4, 0.5) is 0 Å². The maximum absolute atomic E-state index is 12.2. The number of nitrogens with zero attached hydrogens (tertiary/aromatic N) is 2. The number of carbonyl (C=O) groups is 1. The number of nitrogens with one attached hydrogen (secondary N) is 1. The number of rotatable bonds is 5. The van der Waals surface area contributed by atoms with E-state index in [0.29, 0.717) is 16.6 Å². The predicted molar refractivity (Wildman–Crippen MR) is 80.4 cm³/mol. The summed E-state index contributed by atoms with van der Waals surface area (Å²) in [5.74, 6) is 1.04. The molecule has 0 spiro atoms. The van der Waals surface area contributed by atoms with Crippen LogP contribution in [0.3, 0.4) is 0 Å². The summed E-state index contributed by atoms with van der Waals surface area (Å²) in [6, 6.07) is 3.32. The van der Waals surface area contributed by atoms with E-state index in [1.807, 2.05) is 13.8 Å². The first kappa shape index (κ1) is 15.5. The van der Waals surface area contributed by atoms with Crippen molar-refractivity contribution in [3.63, 3.8) is 0 Å². The van der Waals surface area contributed by atoms with E-state index in [0.717, 1.165) is 30.0 Å². The highest BCUT2D eigenvalue weighted by Crippen LogP contribution is 2.13. The van der Waals surface area contributed by atoms with Crippen molar-refractivity contribution in [3.05, 3.63) is 45.9 Å². The third-order valence-corrected chi connectivity index (χ3v) is 3.28. The average Bonchev–Trinajstić information content (AvgIpc) is 2.75. The van der Waals surface area contributed by atoms with Crippen molar-refractivity contribution in [1.29, 1.82) is 0 Å². The number of hydrogen-bond acceptors (Lipinski definition) is 4. The second-order valence-corrected chi connectivity index (χ2v) is 5.24. The van der Waals surface area contributed by atoms with Crippen molar-refractivity contribution in [1.82, 2.24) is 15.3 Å². The Morgan fingerprint density at radius 3 is 2.71 bits per heavy atom. The predicted octanol–water partition coefficient (Wildman–Crippen LogP) is 3.22. The van der Waals surface area contributed by atoms with Crippen molar-refractivity contribution in [2.75, 3.05) is 0 Å². The minimum atomic E-state index is -0.217. The lowest BCUT2D eigenvalue weighted by Gasteiger charge is -2.06. The summed E-state index contributed by atoms with van der Waals surface area (Å²) in [5, 5.41) is 3.10. The minimum Gasteiger partial charge on any atom is -0.444 e. The molecule has 0 atom stereocenters. The zero-order valence-electron chi connectivity index (χ0n) is 12.4. The molecule has 2 aromatic rings. The van der Waals surface area contributed by atoms with Gasteiger partial charge in [-0.25, -0.2) is 9.97 Å². The fourth-order valence-corrected chi connectivity index (χ4v) is 2.17. The molecule has 2 heterocycles. The number of oxazole rings is 1. The van der Waals surface area contributed by atoms with Gasteiger partial charge in [-0.05, 0) is 32.4 Å². The van der Waals surface area contributed by atoms with Crippen molar-refractivity contribution in [3.8, 4) is 0 Å². The molecule has 0 saturated carbocycles. The molecular formula is C15H18ClN3O2. The lowest BCUT2D eigenvalue weighted by Crippen LogP contribution is -2.23. The molecular weight excluding hydrogens is 290 g/mol. The highest BCUT2D eigenvalue weighted by molar-refractivity contribution is 6.29. The van der Waals surface area contributed by atoms with Gasteiger partial charge in [0.2, 0.25) is 5.89 Å². The molecule has 0 fully saturated rings. The molecule has 2 rings (SSSR count). The van der Waals surface area contributed by atoms with Crippen LogP contribution in [0, 0.1) is 13.8 Å². The molecule has 0 unspecified atom stereocenters. The highest BCUT2D eigenvalue weighted by Gasteiger charge is 2.11. The van der Waals surface area contributed by atoms with Gasteiger partial charge in [-0.2, -0.15) is 0 Å². The minimum absolute atomic E-state index is 0.217. The van der Waals surface area contributed by atoms with E-state index >= 15 is 0 Å². The number of hydrogen-bond donors (Lipinski definition) is 1. The van der Waals surface area contributed by atoms with E-state index in [-0.39, 0.29) is 12.5 Å². The SMILES string of the molecule is CCCc1cc(C(=O)NCc2nc(C)c(C)o2)cc(Cl)n1. The van der Waals surface area contributed by atoms with Crippen LogP contribution in [0.25, 0.3) is 0 Å². The molecule has 0 saturated heterocycles. The van der Waals surface area contributed by atoms with Crippen LogP contribution in [0.1, 0.15) is 46.7 Å². The summed E-state index contributed by atoms with van der Waals surface area (Å²) in [7, 11) is 0. The average molecular weight is 308 g/mol. The molecule has 0 radical (unpaired) electrons. The number of amides is 1. The van der Waals surface area contributed by atoms with Gasteiger partial charge in [0.15, 0.2) is 0 Å². The molecule has 21 heavy (non-hydrogen) atoms. The van der Waals surface area contributed by atoms with Gasteiger partial charge in [0.1, 0.15) is 10.9 Å². The first-order valence-electron chi connectivity index (χ1n) is 6.87. The number of aromatic nitrogens is 2. The molecule has 0 aliphatic heterocycles. The van der Waals surface area contributed by atoms with Gasteiger partial charge >= 0.3 is 0 Å². The molecule has 1 amide bonds. The third-order valence-electron chi connectivity index (χ3n) is 3.09. The topological polar surface area (TPSA) is 68.0 Å². The van der Waals surface area contributed by atoms with Gasteiger partial charge in [0.25, 0.3) is 5.91 Å². The molecule has 1 N–H and O–H groups in total. The van der Waals surface area contributed by atoms with Crippen molar-refractivity contribution in [2.24, 2.45) is 0 Å². The number of pyridine rings is 1. The van der Waals surface area contributed by atoms with Crippen LogP contribution in [0.5, 0.6) is 0 Å². The van der Waals surface area contributed by atoms with Crippen LogP contribution in [-0.4, -0.2) is 15.9 Å². The van der Waals surface area contributed by atoms with Gasteiger partial charge in [-0.15, -0.1) is 0 Å². The summed E-state index contributed by atoms with van der Waals surface area (Å²) >= 11 is 5.95. The summed E-state index contributed by atoms with van der Waals surface area (Å²) in [5.41, 5.74) is 2.15. The van der Waals surface area contributed by atoms with Crippen LogP contribution in [0.2, 0.25) is 5.15 Å². The zero-order chi connectivity index (χ0) is 15.4. The van der Waals surface area contributed by atoms with Crippen LogP contribution in [0.15, 0.2) is 16.5 Å². The first-order valence-corrected chi connectivity index (χ1v) is 7.25. The fraction of sp³-hybridized carbons (Fsp3) is 0.400. The summed E-state index contributed by atoms with van der Waals surface area (Å²) in [6.07, 6.45) is 1.74. The Balaban J connectivity index is 2.06. The standard InChI is InChI=1S/C15H18ClN3O2/c1-4-5-12-6-11(7-13(16)19-12)15(20)17-8-14-18-9(2)10(3)21-14/h6-7H,4-5,8H2,1-3H3,(H,17,20). The van der Waals surface area contributed by atoms with E-state index in [9.17, 15) is 4.79 Å². The Bertz CT molecular complexity index is 633. The van der Waals surface area contributed by atoms with Crippen molar-refractivity contribution >= 4 is 17.5 Å².